The van der Waals surface area contributed by atoms with Crippen molar-refractivity contribution in [1.82, 2.24) is 20.8 Å². The van der Waals surface area contributed by atoms with E-state index >= 15 is 0 Å². The summed E-state index contributed by atoms with van der Waals surface area (Å²) in [4.78, 5) is 15.6. The van der Waals surface area contributed by atoms with E-state index in [1.54, 1.807) is 25.3 Å². The summed E-state index contributed by atoms with van der Waals surface area (Å²) in [5.41, 5.74) is 0. The zero-order valence-corrected chi connectivity index (χ0v) is 9.92. The van der Waals surface area contributed by atoms with Crippen molar-refractivity contribution in [3.63, 3.8) is 0 Å². The van der Waals surface area contributed by atoms with Crippen molar-refractivity contribution in [2.45, 2.75) is 26.1 Å². The maximum absolute atomic E-state index is 11.7. The maximum atomic E-state index is 11.7. The van der Waals surface area contributed by atoms with E-state index in [9.17, 15) is 4.79 Å². The molecule has 2 aromatic rings. The number of nitrogens with one attached hydrogen (secondary N) is 2. The highest BCUT2D eigenvalue weighted by atomic mass is 16.5. The summed E-state index contributed by atoms with van der Waals surface area (Å²) in [6.07, 6.45) is 2.82. The second-order valence-electron chi connectivity index (χ2n) is 3.75. The summed E-state index contributed by atoms with van der Waals surface area (Å²) in [5.74, 6) is 1.12. The summed E-state index contributed by atoms with van der Waals surface area (Å²) in [5, 5.41) is 9.38. The number of hydrogen-bond acceptors (Lipinski definition) is 6. The molecule has 0 saturated carbocycles. The third-order valence-corrected chi connectivity index (χ3v) is 2.38. The van der Waals surface area contributed by atoms with Gasteiger partial charge in [0.1, 0.15) is 5.76 Å². The Morgan fingerprint density at radius 3 is 3.06 bits per heavy atom. The molecule has 2 N–H and O–H groups in total. The third-order valence-electron chi connectivity index (χ3n) is 2.38. The highest BCUT2D eigenvalue weighted by molar-refractivity contribution is 5.81. The maximum Gasteiger partial charge on any atom is 0.237 e. The van der Waals surface area contributed by atoms with E-state index in [1.807, 2.05) is 0 Å². The van der Waals surface area contributed by atoms with Gasteiger partial charge in [0.25, 0.3) is 0 Å². The molecule has 1 atom stereocenters. The van der Waals surface area contributed by atoms with Crippen LogP contribution in [0.1, 0.15) is 18.5 Å². The van der Waals surface area contributed by atoms with Crippen molar-refractivity contribution in [2.75, 3.05) is 0 Å². The fourth-order valence-electron chi connectivity index (χ4n) is 1.35. The summed E-state index contributed by atoms with van der Waals surface area (Å²) in [7, 11) is 0. The lowest BCUT2D eigenvalue weighted by molar-refractivity contribution is -0.123. The summed E-state index contributed by atoms with van der Waals surface area (Å²) in [6.45, 7) is 2.52. The quantitative estimate of drug-likeness (QED) is 0.773. The number of nitrogens with zero attached hydrogens (tertiary/aromatic N) is 2. The molecule has 0 aliphatic rings. The van der Waals surface area contributed by atoms with Crippen LogP contribution in [0.25, 0.3) is 0 Å². The van der Waals surface area contributed by atoms with Crippen LogP contribution in [0.2, 0.25) is 0 Å². The molecule has 18 heavy (non-hydrogen) atoms. The molecule has 1 amide bonds. The molecule has 0 bridgehead atoms. The van der Waals surface area contributed by atoms with Crippen LogP contribution in [0.3, 0.4) is 0 Å². The first kappa shape index (κ1) is 12.3. The smallest absolute Gasteiger partial charge is 0.237 e. The fourth-order valence-corrected chi connectivity index (χ4v) is 1.35. The van der Waals surface area contributed by atoms with Gasteiger partial charge >= 0.3 is 0 Å². The molecular formula is C11H14N4O3. The van der Waals surface area contributed by atoms with Crippen LogP contribution < -0.4 is 10.6 Å². The molecule has 2 rings (SSSR count). The van der Waals surface area contributed by atoms with Crippen LogP contribution in [0.15, 0.2) is 33.7 Å². The van der Waals surface area contributed by atoms with Crippen molar-refractivity contribution >= 4 is 5.91 Å². The monoisotopic (exact) mass is 250 g/mol. The van der Waals surface area contributed by atoms with E-state index in [-0.39, 0.29) is 11.9 Å². The van der Waals surface area contributed by atoms with Crippen molar-refractivity contribution < 1.29 is 13.7 Å². The number of carbonyl (C=O) groups is 1. The van der Waals surface area contributed by atoms with Gasteiger partial charge in [0.15, 0.2) is 5.82 Å². The molecule has 0 fully saturated rings. The molecule has 2 heterocycles. The standard InChI is InChI=1S/C11H14N4O3/c1-8(12-6-10-14-7-18-15-10)11(16)13-5-9-3-2-4-17-9/h2-4,7-8,12H,5-6H2,1H3,(H,13,16). The van der Waals surface area contributed by atoms with Gasteiger partial charge in [-0.25, -0.2) is 0 Å². The minimum Gasteiger partial charge on any atom is -0.467 e. The van der Waals surface area contributed by atoms with Crippen LogP contribution in [0.5, 0.6) is 0 Å². The van der Waals surface area contributed by atoms with Gasteiger partial charge in [-0.1, -0.05) is 5.16 Å². The molecule has 2 aromatic heterocycles. The first-order valence-corrected chi connectivity index (χ1v) is 5.54. The minimum absolute atomic E-state index is 0.116. The van der Waals surface area contributed by atoms with Gasteiger partial charge in [-0.2, -0.15) is 4.98 Å². The predicted molar refractivity (Wildman–Crippen MR) is 61.2 cm³/mol. The van der Waals surface area contributed by atoms with Gasteiger partial charge in [0.05, 0.1) is 25.4 Å². The molecule has 7 heteroatoms. The summed E-state index contributed by atoms with van der Waals surface area (Å²) in [6, 6.07) is 3.23. The predicted octanol–water partition coefficient (Wildman–Crippen LogP) is 0.457. The third kappa shape index (κ3) is 3.42. The molecule has 0 radical (unpaired) electrons. The zero-order chi connectivity index (χ0) is 12.8. The van der Waals surface area contributed by atoms with Gasteiger partial charge in [0, 0.05) is 0 Å². The average molecular weight is 250 g/mol. The van der Waals surface area contributed by atoms with Crippen LogP contribution in [0.4, 0.5) is 0 Å². The van der Waals surface area contributed by atoms with Crippen LogP contribution in [-0.4, -0.2) is 22.1 Å². The molecule has 96 valence electrons. The SMILES string of the molecule is CC(NCc1ncon1)C(=O)NCc1ccco1. The Morgan fingerprint density at radius 1 is 1.50 bits per heavy atom. The number of carbonyl (C=O) groups excluding carboxylic acids is 1. The number of amides is 1. The van der Waals surface area contributed by atoms with E-state index in [0.717, 1.165) is 0 Å². The van der Waals surface area contributed by atoms with E-state index in [1.165, 1.54) is 6.39 Å². The van der Waals surface area contributed by atoms with Gasteiger partial charge in [-0.3, -0.25) is 10.1 Å². The lowest BCUT2D eigenvalue weighted by Crippen LogP contribution is -2.41. The Kier molecular flexibility index (Phi) is 4.08. The number of furan rings is 1. The van der Waals surface area contributed by atoms with E-state index in [2.05, 4.69) is 25.3 Å². The number of hydrogen-bond donors (Lipinski definition) is 2. The van der Waals surface area contributed by atoms with Gasteiger partial charge in [-0.05, 0) is 19.1 Å². The molecule has 0 aliphatic heterocycles. The van der Waals surface area contributed by atoms with Crippen molar-refractivity contribution in [1.29, 1.82) is 0 Å². The zero-order valence-electron chi connectivity index (χ0n) is 9.92. The van der Waals surface area contributed by atoms with Gasteiger partial charge in [0.2, 0.25) is 12.3 Å². The van der Waals surface area contributed by atoms with Crippen molar-refractivity contribution in [3.8, 4) is 0 Å². The Balaban J connectivity index is 1.71. The molecule has 0 saturated heterocycles. The topological polar surface area (TPSA) is 93.2 Å². The molecule has 0 aliphatic carbocycles. The Bertz CT molecular complexity index is 466. The lowest BCUT2D eigenvalue weighted by atomic mass is 10.3. The first-order valence-electron chi connectivity index (χ1n) is 5.54. The van der Waals surface area contributed by atoms with Crippen LogP contribution >= 0.6 is 0 Å². The molecular weight excluding hydrogens is 236 g/mol. The first-order chi connectivity index (χ1) is 8.75. The Morgan fingerprint density at radius 2 is 2.39 bits per heavy atom. The second kappa shape index (κ2) is 5.97. The van der Waals surface area contributed by atoms with E-state index < -0.39 is 0 Å². The molecule has 7 nitrogen and oxygen atoms in total. The molecule has 0 aromatic carbocycles. The summed E-state index contributed by atoms with van der Waals surface area (Å²) >= 11 is 0. The molecule has 1 unspecified atom stereocenters. The second-order valence-corrected chi connectivity index (χ2v) is 3.75. The largest absolute Gasteiger partial charge is 0.467 e. The van der Waals surface area contributed by atoms with E-state index in [4.69, 9.17) is 4.42 Å². The van der Waals surface area contributed by atoms with Crippen LogP contribution in [0, 0.1) is 0 Å². The van der Waals surface area contributed by atoms with E-state index in [0.29, 0.717) is 24.7 Å². The highest BCUT2D eigenvalue weighted by Crippen LogP contribution is 1.99. The van der Waals surface area contributed by atoms with Gasteiger partial charge < -0.3 is 14.3 Å². The highest BCUT2D eigenvalue weighted by Gasteiger charge is 2.13. The number of aromatic nitrogens is 2. The Hall–Kier alpha value is -2.15. The van der Waals surface area contributed by atoms with Crippen molar-refractivity contribution in [3.05, 3.63) is 36.4 Å². The lowest BCUT2D eigenvalue weighted by Gasteiger charge is -2.11. The van der Waals surface area contributed by atoms with Gasteiger partial charge in [-0.15, -0.1) is 0 Å². The Labute approximate surface area is 104 Å². The minimum atomic E-state index is -0.349. The van der Waals surface area contributed by atoms with Crippen molar-refractivity contribution in [2.24, 2.45) is 0 Å². The summed E-state index contributed by atoms with van der Waals surface area (Å²) < 4.78 is 9.70. The number of rotatable bonds is 6. The molecule has 0 spiro atoms. The van der Waals surface area contributed by atoms with Crippen LogP contribution in [-0.2, 0) is 17.9 Å². The fraction of sp³-hybridized carbons (Fsp3) is 0.364. The normalized spacial score (nSPS) is 12.3. The average Bonchev–Trinajstić information content (AvgIpc) is 3.05.